The summed E-state index contributed by atoms with van der Waals surface area (Å²) >= 11 is 0. The lowest BCUT2D eigenvalue weighted by Crippen LogP contribution is -2.38. The molecular formula is C17H25NO2. The minimum absolute atomic E-state index is 0.0490. The molecular weight excluding hydrogens is 250 g/mol. The molecule has 0 spiro atoms. The third-order valence-electron chi connectivity index (χ3n) is 4.03. The van der Waals surface area contributed by atoms with Crippen LogP contribution in [0.5, 0.6) is 0 Å². The van der Waals surface area contributed by atoms with Crippen LogP contribution in [0.2, 0.25) is 0 Å². The molecule has 1 heterocycles. The van der Waals surface area contributed by atoms with Gasteiger partial charge in [-0.1, -0.05) is 44.2 Å². The summed E-state index contributed by atoms with van der Waals surface area (Å²) < 4.78 is 5.39. The topological polar surface area (TPSA) is 29.5 Å². The fourth-order valence-electron chi connectivity index (χ4n) is 2.58. The van der Waals surface area contributed by atoms with Gasteiger partial charge in [0.2, 0.25) is 0 Å². The second-order valence-electron chi connectivity index (χ2n) is 5.98. The SMILES string of the molecule is CC1CCN(CC(C)C(=O)OCc2ccccc2)CC1. The van der Waals surface area contributed by atoms with Crippen LogP contribution in [0.1, 0.15) is 32.3 Å². The molecule has 1 aromatic carbocycles. The number of benzene rings is 1. The average Bonchev–Trinajstić information content (AvgIpc) is 2.48. The summed E-state index contributed by atoms with van der Waals surface area (Å²) in [7, 11) is 0. The van der Waals surface area contributed by atoms with Crippen LogP contribution in [0.25, 0.3) is 0 Å². The molecule has 1 unspecified atom stereocenters. The molecule has 0 radical (unpaired) electrons. The summed E-state index contributed by atoms with van der Waals surface area (Å²) in [5, 5.41) is 0. The van der Waals surface area contributed by atoms with Crippen LogP contribution in [0, 0.1) is 11.8 Å². The Morgan fingerprint density at radius 3 is 2.60 bits per heavy atom. The Labute approximate surface area is 121 Å². The van der Waals surface area contributed by atoms with Gasteiger partial charge >= 0.3 is 5.97 Å². The lowest BCUT2D eigenvalue weighted by atomic mass is 9.98. The van der Waals surface area contributed by atoms with E-state index in [0.717, 1.165) is 31.1 Å². The minimum atomic E-state index is -0.0903. The second-order valence-corrected chi connectivity index (χ2v) is 5.98. The van der Waals surface area contributed by atoms with E-state index >= 15 is 0 Å². The molecule has 3 nitrogen and oxygen atoms in total. The van der Waals surface area contributed by atoms with Gasteiger partial charge in [0.05, 0.1) is 5.92 Å². The van der Waals surface area contributed by atoms with E-state index < -0.39 is 0 Å². The molecule has 1 saturated heterocycles. The van der Waals surface area contributed by atoms with E-state index in [1.54, 1.807) is 0 Å². The third kappa shape index (κ3) is 4.64. The molecule has 0 aliphatic carbocycles. The van der Waals surface area contributed by atoms with Crippen molar-refractivity contribution in [3.05, 3.63) is 35.9 Å². The van der Waals surface area contributed by atoms with Crippen molar-refractivity contribution in [2.75, 3.05) is 19.6 Å². The van der Waals surface area contributed by atoms with E-state index in [1.807, 2.05) is 37.3 Å². The van der Waals surface area contributed by atoms with Crippen molar-refractivity contribution < 1.29 is 9.53 Å². The van der Waals surface area contributed by atoms with Gasteiger partial charge < -0.3 is 9.64 Å². The minimum Gasteiger partial charge on any atom is -0.461 e. The van der Waals surface area contributed by atoms with E-state index in [4.69, 9.17) is 4.74 Å². The smallest absolute Gasteiger partial charge is 0.310 e. The van der Waals surface area contributed by atoms with E-state index in [1.165, 1.54) is 12.8 Å². The molecule has 2 rings (SSSR count). The van der Waals surface area contributed by atoms with Crippen LogP contribution in [-0.2, 0) is 16.1 Å². The normalized spacial score (nSPS) is 18.7. The molecule has 1 aliphatic heterocycles. The molecule has 20 heavy (non-hydrogen) atoms. The molecule has 1 fully saturated rings. The van der Waals surface area contributed by atoms with Gasteiger partial charge in [-0.3, -0.25) is 4.79 Å². The molecule has 0 amide bonds. The zero-order valence-electron chi connectivity index (χ0n) is 12.5. The second kappa shape index (κ2) is 7.44. The first-order valence-corrected chi connectivity index (χ1v) is 7.58. The molecule has 110 valence electrons. The highest BCUT2D eigenvalue weighted by Crippen LogP contribution is 2.17. The summed E-state index contributed by atoms with van der Waals surface area (Å²) in [5.74, 6) is 0.686. The van der Waals surface area contributed by atoms with Crippen molar-refractivity contribution in [3.63, 3.8) is 0 Å². The largest absolute Gasteiger partial charge is 0.461 e. The number of rotatable bonds is 5. The maximum absolute atomic E-state index is 12.0. The van der Waals surface area contributed by atoms with Gasteiger partial charge in [0.1, 0.15) is 6.61 Å². The summed E-state index contributed by atoms with van der Waals surface area (Å²) in [6.07, 6.45) is 2.48. The lowest BCUT2D eigenvalue weighted by molar-refractivity contribution is -0.150. The number of hydrogen-bond acceptors (Lipinski definition) is 3. The Morgan fingerprint density at radius 1 is 1.30 bits per heavy atom. The number of piperidine rings is 1. The maximum atomic E-state index is 12.0. The van der Waals surface area contributed by atoms with Gasteiger partial charge in [-0.25, -0.2) is 0 Å². The molecule has 0 aromatic heterocycles. The zero-order valence-corrected chi connectivity index (χ0v) is 12.5. The van der Waals surface area contributed by atoms with Crippen molar-refractivity contribution in [2.24, 2.45) is 11.8 Å². The highest BCUT2D eigenvalue weighted by Gasteiger charge is 2.21. The fraction of sp³-hybridized carbons (Fsp3) is 0.588. The number of ether oxygens (including phenoxy) is 1. The van der Waals surface area contributed by atoms with Crippen molar-refractivity contribution in [1.82, 2.24) is 4.90 Å². The summed E-state index contributed by atoms with van der Waals surface area (Å²) in [6.45, 7) is 7.68. The molecule has 3 heteroatoms. The van der Waals surface area contributed by atoms with E-state index in [-0.39, 0.29) is 11.9 Å². The predicted molar refractivity (Wildman–Crippen MR) is 80.2 cm³/mol. The van der Waals surface area contributed by atoms with E-state index in [2.05, 4.69) is 11.8 Å². The standard InChI is InChI=1S/C17H25NO2/c1-14-8-10-18(11-9-14)12-15(2)17(19)20-13-16-6-4-3-5-7-16/h3-7,14-15H,8-13H2,1-2H3. The molecule has 1 atom stereocenters. The number of esters is 1. The van der Waals surface area contributed by atoms with Gasteiger partial charge in [-0.2, -0.15) is 0 Å². The Hall–Kier alpha value is -1.35. The van der Waals surface area contributed by atoms with Crippen molar-refractivity contribution in [3.8, 4) is 0 Å². The lowest BCUT2D eigenvalue weighted by Gasteiger charge is -2.31. The van der Waals surface area contributed by atoms with Crippen molar-refractivity contribution in [1.29, 1.82) is 0 Å². The summed E-state index contributed by atoms with van der Waals surface area (Å²) in [4.78, 5) is 14.4. The van der Waals surface area contributed by atoms with Gasteiger partial charge in [-0.15, -0.1) is 0 Å². The van der Waals surface area contributed by atoms with Crippen LogP contribution >= 0.6 is 0 Å². The molecule has 0 bridgehead atoms. The van der Waals surface area contributed by atoms with E-state index in [0.29, 0.717) is 6.61 Å². The summed E-state index contributed by atoms with van der Waals surface area (Å²) in [5.41, 5.74) is 1.04. The molecule has 1 aliphatic rings. The van der Waals surface area contributed by atoms with Gasteiger partial charge in [0.25, 0.3) is 0 Å². The summed E-state index contributed by atoms with van der Waals surface area (Å²) in [6, 6.07) is 9.84. The first-order chi connectivity index (χ1) is 9.65. The number of carbonyl (C=O) groups excluding carboxylic acids is 1. The predicted octanol–water partition coefficient (Wildman–Crippen LogP) is 3.10. The van der Waals surface area contributed by atoms with Crippen molar-refractivity contribution >= 4 is 5.97 Å². The fourth-order valence-corrected chi connectivity index (χ4v) is 2.58. The van der Waals surface area contributed by atoms with Crippen LogP contribution in [0.15, 0.2) is 30.3 Å². The number of hydrogen-bond donors (Lipinski definition) is 0. The maximum Gasteiger partial charge on any atom is 0.310 e. The van der Waals surface area contributed by atoms with Crippen LogP contribution in [-0.4, -0.2) is 30.5 Å². The van der Waals surface area contributed by atoms with Crippen LogP contribution < -0.4 is 0 Å². The number of carbonyl (C=O) groups is 1. The van der Waals surface area contributed by atoms with Gasteiger partial charge in [0, 0.05) is 6.54 Å². The zero-order chi connectivity index (χ0) is 14.4. The van der Waals surface area contributed by atoms with Gasteiger partial charge in [-0.05, 0) is 37.4 Å². The number of nitrogens with zero attached hydrogens (tertiary/aromatic N) is 1. The molecule has 0 N–H and O–H groups in total. The Kier molecular flexibility index (Phi) is 5.60. The van der Waals surface area contributed by atoms with Gasteiger partial charge in [0.15, 0.2) is 0 Å². The Morgan fingerprint density at radius 2 is 1.95 bits per heavy atom. The first-order valence-electron chi connectivity index (χ1n) is 7.58. The highest BCUT2D eigenvalue weighted by atomic mass is 16.5. The Balaban J connectivity index is 1.72. The van der Waals surface area contributed by atoms with Crippen molar-refractivity contribution in [2.45, 2.75) is 33.3 Å². The quantitative estimate of drug-likeness (QED) is 0.773. The third-order valence-corrected chi connectivity index (χ3v) is 4.03. The number of likely N-dealkylation sites (tertiary alicyclic amines) is 1. The average molecular weight is 275 g/mol. The Bertz CT molecular complexity index is 410. The first kappa shape index (κ1) is 15.0. The van der Waals surface area contributed by atoms with E-state index in [9.17, 15) is 4.79 Å². The highest BCUT2D eigenvalue weighted by molar-refractivity contribution is 5.72. The molecule has 0 saturated carbocycles. The molecule has 1 aromatic rings. The van der Waals surface area contributed by atoms with Crippen LogP contribution in [0.3, 0.4) is 0 Å². The van der Waals surface area contributed by atoms with Crippen LogP contribution in [0.4, 0.5) is 0 Å². The monoisotopic (exact) mass is 275 g/mol.